The van der Waals surface area contributed by atoms with Gasteiger partial charge in [-0.25, -0.2) is 0 Å². The van der Waals surface area contributed by atoms with Crippen LogP contribution in [0.4, 0.5) is 0 Å². The molecule has 0 aliphatic carbocycles. The van der Waals surface area contributed by atoms with Crippen LogP contribution in [-0.2, 0) is 11.3 Å². The molecule has 45 heavy (non-hydrogen) atoms. The number of aromatic hydroxyl groups is 1. The third kappa shape index (κ3) is 7.87. The lowest BCUT2D eigenvalue weighted by molar-refractivity contribution is -0.0269. The summed E-state index contributed by atoms with van der Waals surface area (Å²) in [4.78, 5) is 19.7. The third-order valence-electron chi connectivity index (χ3n) is 8.31. The van der Waals surface area contributed by atoms with E-state index in [1.54, 1.807) is 18.3 Å². The van der Waals surface area contributed by atoms with Gasteiger partial charge in [0, 0.05) is 31.2 Å². The topological polar surface area (TPSA) is 83.9 Å². The lowest BCUT2D eigenvalue weighted by Gasteiger charge is -2.34. The van der Waals surface area contributed by atoms with Crippen LogP contribution in [0.25, 0.3) is 10.8 Å². The highest BCUT2D eigenvalue weighted by molar-refractivity contribution is 6.02. The zero-order chi connectivity index (χ0) is 30.8. The molecule has 4 aromatic carbocycles. The summed E-state index contributed by atoms with van der Waals surface area (Å²) in [6.07, 6.45) is 4.63. The van der Waals surface area contributed by atoms with E-state index in [-0.39, 0.29) is 29.4 Å². The largest absolute Gasteiger partial charge is 0.507 e. The Morgan fingerprint density at radius 2 is 1.60 bits per heavy atom. The van der Waals surface area contributed by atoms with E-state index >= 15 is 0 Å². The van der Waals surface area contributed by atoms with E-state index in [0.29, 0.717) is 18.9 Å². The molecule has 6 rings (SSSR count). The molecule has 0 unspecified atom stereocenters. The number of benzene rings is 4. The second kappa shape index (κ2) is 14.8. The van der Waals surface area contributed by atoms with E-state index in [2.05, 4.69) is 63.7 Å². The van der Waals surface area contributed by atoms with Crippen molar-refractivity contribution in [1.29, 1.82) is 0 Å². The van der Waals surface area contributed by atoms with Gasteiger partial charge in [0.2, 0.25) is 0 Å². The van der Waals surface area contributed by atoms with Crippen LogP contribution in [0.15, 0.2) is 115 Å². The maximum Gasteiger partial charge on any atom is 0.255 e. The molecule has 0 spiro atoms. The minimum Gasteiger partial charge on any atom is -0.507 e. The molecule has 0 bridgehead atoms. The standard InChI is InChI=1S/C38H39N3O4/c42-35-26-33-30(15-9-17-36(33)44-27-31-16-7-8-20-39-31)25-34(35)38(43)40-21-10-22-41-23-18-32(19-24-41)45-37(28-11-3-1-4-12-28)29-13-5-2-6-14-29/h1-9,11-17,20,25-26,32,37,42H,10,18-19,21-24,27H2,(H,40,43). The fourth-order valence-electron chi connectivity index (χ4n) is 5.89. The molecule has 2 heterocycles. The first-order chi connectivity index (χ1) is 22.1. The van der Waals surface area contributed by atoms with Gasteiger partial charge in [0.1, 0.15) is 24.2 Å². The molecular weight excluding hydrogens is 562 g/mol. The van der Waals surface area contributed by atoms with Crippen molar-refractivity contribution in [2.24, 2.45) is 0 Å². The quantitative estimate of drug-likeness (QED) is 0.151. The zero-order valence-electron chi connectivity index (χ0n) is 25.3. The number of ether oxygens (including phenoxy) is 2. The second-order valence-corrected chi connectivity index (χ2v) is 11.4. The van der Waals surface area contributed by atoms with Crippen LogP contribution in [0, 0.1) is 0 Å². The number of phenols is 1. The van der Waals surface area contributed by atoms with Gasteiger partial charge < -0.3 is 24.8 Å². The highest BCUT2D eigenvalue weighted by Crippen LogP contribution is 2.32. The van der Waals surface area contributed by atoms with Crippen LogP contribution in [0.2, 0.25) is 0 Å². The van der Waals surface area contributed by atoms with Gasteiger partial charge >= 0.3 is 0 Å². The molecule has 7 heteroatoms. The first-order valence-corrected chi connectivity index (χ1v) is 15.7. The maximum absolute atomic E-state index is 13.0. The number of pyridine rings is 1. The molecular formula is C38H39N3O4. The summed E-state index contributed by atoms with van der Waals surface area (Å²) >= 11 is 0. The molecule has 1 aliphatic rings. The molecule has 7 nitrogen and oxygen atoms in total. The summed E-state index contributed by atoms with van der Waals surface area (Å²) < 4.78 is 12.7. The normalized spacial score (nSPS) is 14.1. The number of hydrogen-bond donors (Lipinski definition) is 2. The van der Waals surface area contributed by atoms with Gasteiger partial charge in [-0.1, -0.05) is 78.9 Å². The third-order valence-corrected chi connectivity index (χ3v) is 8.31. The van der Waals surface area contributed by atoms with Crippen LogP contribution >= 0.6 is 0 Å². The Kier molecular flexibility index (Phi) is 10.00. The van der Waals surface area contributed by atoms with Gasteiger partial charge in [0.25, 0.3) is 5.91 Å². The summed E-state index contributed by atoms with van der Waals surface area (Å²) in [6.45, 7) is 3.67. The van der Waals surface area contributed by atoms with Crippen LogP contribution in [0.1, 0.15) is 52.5 Å². The van der Waals surface area contributed by atoms with E-state index in [0.717, 1.165) is 55.4 Å². The number of carbonyl (C=O) groups is 1. The molecule has 5 aromatic rings. The second-order valence-electron chi connectivity index (χ2n) is 11.4. The summed E-state index contributed by atoms with van der Waals surface area (Å²) in [6, 6.07) is 35.5. The van der Waals surface area contributed by atoms with Gasteiger partial charge in [-0.2, -0.15) is 0 Å². The number of rotatable bonds is 12. The summed E-state index contributed by atoms with van der Waals surface area (Å²) in [5, 5.41) is 15.3. The van der Waals surface area contributed by atoms with Crippen LogP contribution in [0.3, 0.4) is 0 Å². The number of likely N-dealkylation sites (tertiary alicyclic amines) is 1. The number of nitrogens with zero attached hydrogens (tertiary/aromatic N) is 2. The van der Waals surface area contributed by atoms with Crippen molar-refractivity contribution in [3.8, 4) is 11.5 Å². The highest BCUT2D eigenvalue weighted by atomic mass is 16.5. The predicted octanol–water partition coefficient (Wildman–Crippen LogP) is 6.91. The van der Waals surface area contributed by atoms with Crippen molar-refractivity contribution in [2.45, 2.75) is 38.1 Å². The van der Waals surface area contributed by atoms with Gasteiger partial charge in [-0.3, -0.25) is 9.78 Å². The molecule has 1 saturated heterocycles. The molecule has 1 fully saturated rings. The average molecular weight is 602 g/mol. The molecule has 0 saturated carbocycles. The zero-order valence-corrected chi connectivity index (χ0v) is 25.3. The Morgan fingerprint density at radius 3 is 2.29 bits per heavy atom. The highest BCUT2D eigenvalue weighted by Gasteiger charge is 2.24. The predicted molar refractivity (Wildman–Crippen MR) is 176 cm³/mol. The fourth-order valence-corrected chi connectivity index (χ4v) is 5.89. The van der Waals surface area contributed by atoms with E-state index in [1.165, 1.54) is 11.1 Å². The van der Waals surface area contributed by atoms with Crippen LogP contribution in [-0.4, -0.2) is 53.2 Å². The number of aromatic nitrogens is 1. The number of amides is 1. The minimum absolute atomic E-state index is 0.0692. The van der Waals surface area contributed by atoms with E-state index < -0.39 is 0 Å². The lowest BCUT2D eigenvalue weighted by Crippen LogP contribution is -2.39. The summed E-state index contributed by atoms with van der Waals surface area (Å²) in [7, 11) is 0. The molecule has 0 radical (unpaired) electrons. The Hall–Kier alpha value is -4.72. The number of hydrogen-bond acceptors (Lipinski definition) is 6. The van der Waals surface area contributed by atoms with Crippen molar-refractivity contribution in [3.63, 3.8) is 0 Å². The number of fused-ring (bicyclic) bond motifs is 1. The van der Waals surface area contributed by atoms with Crippen molar-refractivity contribution in [1.82, 2.24) is 15.2 Å². The first kappa shape index (κ1) is 30.3. The number of phenolic OH excluding ortho intramolecular Hbond substituents is 1. The Balaban J connectivity index is 0.971. The molecule has 1 aliphatic heterocycles. The molecule has 1 aromatic heterocycles. The Labute approximate surface area is 264 Å². The minimum atomic E-state index is -0.283. The van der Waals surface area contributed by atoms with Crippen molar-refractivity contribution in [3.05, 3.63) is 138 Å². The summed E-state index contributed by atoms with van der Waals surface area (Å²) in [5.74, 6) is 0.277. The van der Waals surface area contributed by atoms with Gasteiger partial charge in [-0.15, -0.1) is 0 Å². The van der Waals surface area contributed by atoms with Crippen LogP contribution in [0.5, 0.6) is 11.5 Å². The van der Waals surface area contributed by atoms with Crippen molar-refractivity contribution < 1.29 is 19.4 Å². The van der Waals surface area contributed by atoms with Crippen molar-refractivity contribution >= 4 is 16.7 Å². The summed E-state index contributed by atoms with van der Waals surface area (Å²) in [5.41, 5.74) is 3.42. The van der Waals surface area contributed by atoms with Gasteiger partial charge in [0.15, 0.2) is 0 Å². The SMILES string of the molecule is O=C(NCCCN1CCC(OC(c2ccccc2)c2ccccc2)CC1)c1cc2cccc(OCc3ccccn3)c2cc1O. The number of piperidine rings is 1. The lowest BCUT2D eigenvalue weighted by atomic mass is 10.00. The monoisotopic (exact) mass is 601 g/mol. The van der Waals surface area contributed by atoms with E-state index in [4.69, 9.17) is 9.47 Å². The van der Waals surface area contributed by atoms with E-state index in [1.807, 2.05) is 48.5 Å². The van der Waals surface area contributed by atoms with E-state index in [9.17, 15) is 9.90 Å². The Bertz CT molecular complexity index is 1630. The number of nitrogens with one attached hydrogen (secondary N) is 1. The number of carbonyl (C=O) groups excluding carboxylic acids is 1. The molecule has 230 valence electrons. The van der Waals surface area contributed by atoms with Gasteiger partial charge in [-0.05, 0) is 72.7 Å². The average Bonchev–Trinajstić information content (AvgIpc) is 3.09. The first-order valence-electron chi connectivity index (χ1n) is 15.7. The molecule has 0 atom stereocenters. The molecule has 1 amide bonds. The van der Waals surface area contributed by atoms with Crippen LogP contribution < -0.4 is 10.1 Å². The smallest absolute Gasteiger partial charge is 0.255 e. The molecule has 2 N–H and O–H groups in total. The Morgan fingerprint density at radius 1 is 0.889 bits per heavy atom. The van der Waals surface area contributed by atoms with Crippen molar-refractivity contribution in [2.75, 3.05) is 26.2 Å². The fraction of sp³-hybridized carbons (Fsp3) is 0.263. The van der Waals surface area contributed by atoms with Gasteiger partial charge in [0.05, 0.1) is 17.4 Å². The maximum atomic E-state index is 13.0.